The first-order chi connectivity index (χ1) is 15.5. The highest BCUT2D eigenvalue weighted by molar-refractivity contribution is 7.07. The molecule has 0 fully saturated rings. The lowest BCUT2D eigenvalue weighted by atomic mass is 10.1. The van der Waals surface area contributed by atoms with Crippen LogP contribution in [0.4, 0.5) is 0 Å². The van der Waals surface area contributed by atoms with Crippen LogP contribution in [0.2, 0.25) is 0 Å². The van der Waals surface area contributed by atoms with E-state index in [9.17, 15) is 0 Å². The first-order valence-electron chi connectivity index (χ1n) is 9.85. The van der Waals surface area contributed by atoms with E-state index in [2.05, 4.69) is 11.6 Å². The molecule has 2 aromatic carbocycles. The van der Waals surface area contributed by atoms with Gasteiger partial charge in [0.25, 0.3) is 0 Å². The summed E-state index contributed by atoms with van der Waals surface area (Å²) < 4.78 is 23.6. The van der Waals surface area contributed by atoms with Crippen LogP contribution in [-0.4, -0.2) is 45.9 Å². The van der Waals surface area contributed by atoms with Crippen LogP contribution in [-0.2, 0) is 0 Å². The zero-order chi connectivity index (χ0) is 23.1. The molecule has 3 aromatic rings. The summed E-state index contributed by atoms with van der Waals surface area (Å²) in [6.07, 6.45) is 1.74. The Labute approximate surface area is 191 Å². The molecule has 32 heavy (non-hydrogen) atoms. The Morgan fingerprint density at radius 3 is 2.31 bits per heavy atom. The molecular weight excluding hydrogens is 426 g/mol. The van der Waals surface area contributed by atoms with Gasteiger partial charge in [-0.05, 0) is 37.3 Å². The summed E-state index contributed by atoms with van der Waals surface area (Å²) in [5, 5.41) is 6.74. The van der Waals surface area contributed by atoms with Crippen LogP contribution in [0.1, 0.15) is 12.5 Å². The molecule has 0 saturated heterocycles. The van der Waals surface area contributed by atoms with Gasteiger partial charge in [0.15, 0.2) is 0 Å². The molecule has 168 valence electrons. The first kappa shape index (κ1) is 23.1. The monoisotopic (exact) mass is 453 g/mol. The van der Waals surface area contributed by atoms with Crippen molar-refractivity contribution in [3.8, 4) is 34.3 Å². The van der Waals surface area contributed by atoms with E-state index >= 15 is 0 Å². The normalized spacial score (nSPS) is 11.6. The van der Waals surface area contributed by atoms with Crippen LogP contribution in [0.5, 0.6) is 23.0 Å². The number of hydrogen-bond acceptors (Lipinski definition) is 7. The van der Waals surface area contributed by atoms with Gasteiger partial charge in [-0.25, -0.2) is 4.68 Å². The third kappa shape index (κ3) is 5.20. The second-order valence-corrected chi connectivity index (χ2v) is 7.74. The van der Waals surface area contributed by atoms with Crippen molar-refractivity contribution in [1.82, 2.24) is 4.68 Å². The molecule has 3 rings (SSSR count). The minimum atomic E-state index is 0.510. The van der Waals surface area contributed by atoms with Gasteiger partial charge in [-0.2, -0.15) is 5.10 Å². The fraction of sp³-hybridized carbons (Fsp3) is 0.250. The van der Waals surface area contributed by atoms with Crippen molar-refractivity contribution in [2.45, 2.75) is 6.92 Å². The molecule has 0 bridgehead atoms. The third-order valence-corrected chi connectivity index (χ3v) is 5.46. The summed E-state index contributed by atoms with van der Waals surface area (Å²) in [4.78, 5) is 5.41. The Hall–Kier alpha value is -3.52. The van der Waals surface area contributed by atoms with Gasteiger partial charge in [-0.1, -0.05) is 12.2 Å². The molecular formula is C24H27N3O4S. The Balaban J connectivity index is 2.16. The van der Waals surface area contributed by atoms with Crippen LogP contribution in [0.15, 0.2) is 64.0 Å². The number of benzene rings is 2. The van der Waals surface area contributed by atoms with Crippen molar-refractivity contribution >= 4 is 17.6 Å². The fourth-order valence-corrected chi connectivity index (χ4v) is 3.79. The number of hydrogen-bond donors (Lipinski definition) is 0. The molecule has 0 aliphatic rings. The van der Waals surface area contributed by atoms with Crippen molar-refractivity contribution in [3.05, 3.63) is 64.3 Å². The standard InChI is InChI=1S/C24H27N3O4S/c1-16(2)13-25-24-27(26-14-17-7-8-19(29-4)12-23(17)31-6)21(15-32-24)20-11-18(28-3)9-10-22(20)30-5/h7-12,14-15H,1,13H2,2-6H3. The number of aromatic nitrogens is 1. The number of nitrogens with zero attached hydrogens (tertiary/aromatic N) is 3. The smallest absolute Gasteiger partial charge is 0.206 e. The van der Waals surface area contributed by atoms with Crippen molar-refractivity contribution in [3.63, 3.8) is 0 Å². The van der Waals surface area contributed by atoms with Gasteiger partial charge in [0.05, 0.1) is 46.9 Å². The van der Waals surface area contributed by atoms with Gasteiger partial charge >= 0.3 is 0 Å². The predicted molar refractivity (Wildman–Crippen MR) is 129 cm³/mol. The molecule has 0 amide bonds. The number of thiazole rings is 1. The molecule has 1 heterocycles. The summed E-state index contributed by atoms with van der Waals surface area (Å²) in [5.41, 5.74) is 3.45. The second-order valence-electron chi connectivity index (χ2n) is 6.91. The summed E-state index contributed by atoms with van der Waals surface area (Å²) in [6, 6.07) is 11.2. The van der Waals surface area contributed by atoms with Gasteiger partial charge in [-0.3, -0.25) is 4.99 Å². The van der Waals surface area contributed by atoms with Gasteiger partial charge in [-0.15, -0.1) is 11.3 Å². The molecule has 0 radical (unpaired) electrons. The van der Waals surface area contributed by atoms with Gasteiger partial charge < -0.3 is 18.9 Å². The lowest BCUT2D eigenvalue weighted by Crippen LogP contribution is -2.13. The maximum absolute atomic E-state index is 5.59. The van der Waals surface area contributed by atoms with Crippen molar-refractivity contribution in [2.24, 2.45) is 10.1 Å². The van der Waals surface area contributed by atoms with Gasteiger partial charge in [0.1, 0.15) is 23.0 Å². The first-order valence-corrected chi connectivity index (χ1v) is 10.7. The Bertz CT molecular complexity index is 1190. The van der Waals surface area contributed by atoms with Crippen LogP contribution >= 0.6 is 11.3 Å². The van der Waals surface area contributed by atoms with Crippen LogP contribution in [0, 0.1) is 0 Å². The lowest BCUT2D eigenvalue weighted by molar-refractivity contribution is 0.394. The number of methoxy groups -OCH3 is 4. The number of ether oxygens (including phenoxy) is 4. The highest BCUT2D eigenvalue weighted by atomic mass is 32.1. The van der Waals surface area contributed by atoms with Crippen molar-refractivity contribution < 1.29 is 18.9 Å². The van der Waals surface area contributed by atoms with E-state index in [1.54, 1.807) is 39.3 Å². The molecule has 0 spiro atoms. The quantitative estimate of drug-likeness (QED) is 0.351. The third-order valence-electron chi connectivity index (χ3n) is 4.61. The molecule has 0 aliphatic heterocycles. The fourth-order valence-electron chi connectivity index (χ4n) is 2.97. The molecule has 0 atom stereocenters. The summed E-state index contributed by atoms with van der Waals surface area (Å²) in [5.74, 6) is 2.80. The zero-order valence-corrected chi connectivity index (χ0v) is 19.7. The SMILES string of the molecule is C=C(C)CN=c1scc(-c2cc(OC)ccc2OC)n1N=Cc1ccc(OC)cc1OC. The summed E-state index contributed by atoms with van der Waals surface area (Å²) in [6.45, 7) is 6.40. The van der Waals surface area contributed by atoms with E-state index in [-0.39, 0.29) is 0 Å². The number of rotatable bonds is 9. The molecule has 1 aromatic heterocycles. The van der Waals surface area contributed by atoms with Crippen LogP contribution in [0.25, 0.3) is 11.3 Å². The Morgan fingerprint density at radius 1 is 0.969 bits per heavy atom. The maximum atomic E-state index is 5.59. The van der Waals surface area contributed by atoms with Gasteiger partial charge in [0.2, 0.25) is 4.80 Å². The van der Waals surface area contributed by atoms with E-state index in [0.717, 1.165) is 32.9 Å². The Morgan fingerprint density at radius 2 is 1.66 bits per heavy atom. The van der Waals surface area contributed by atoms with E-state index in [1.807, 2.05) is 48.7 Å². The molecule has 8 heteroatoms. The maximum Gasteiger partial charge on any atom is 0.206 e. The van der Waals surface area contributed by atoms with E-state index < -0.39 is 0 Å². The van der Waals surface area contributed by atoms with Crippen LogP contribution in [0.3, 0.4) is 0 Å². The zero-order valence-electron chi connectivity index (χ0n) is 18.9. The van der Waals surface area contributed by atoms with E-state index in [4.69, 9.17) is 24.0 Å². The molecule has 7 nitrogen and oxygen atoms in total. The average Bonchev–Trinajstić information content (AvgIpc) is 3.23. The minimum Gasteiger partial charge on any atom is -0.497 e. The second kappa shape index (κ2) is 10.7. The van der Waals surface area contributed by atoms with E-state index in [1.165, 1.54) is 11.3 Å². The highest BCUT2D eigenvalue weighted by Gasteiger charge is 2.14. The molecule has 0 aliphatic carbocycles. The van der Waals surface area contributed by atoms with E-state index in [0.29, 0.717) is 23.8 Å². The van der Waals surface area contributed by atoms with Crippen LogP contribution < -0.4 is 23.7 Å². The Kier molecular flexibility index (Phi) is 7.72. The van der Waals surface area contributed by atoms with Crippen molar-refractivity contribution in [2.75, 3.05) is 35.0 Å². The minimum absolute atomic E-state index is 0.510. The molecule has 0 unspecified atom stereocenters. The topological polar surface area (TPSA) is 66.6 Å². The summed E-state index contributed by atoms with van der Waals surface area (Å²) >= 11 is 1.49. The lowest BCUT2D eigenvalue weighted by Gasteiger charge is -2.11. The largest absolute Gasteiger partial charge is 0.497 e. The van der Waals surface area contributed by atoms with Crippen molar-refractivity contribution in [1.29, 1.82) is 0 Å². The highest BCUT2D eigenvalue weighted by Crippen LogP contribution is 2.34. The van der Waals surface area contributed by atoms with Gasteiger partial charge in [0, 0.05) is 22.6 Å². The molecule has 0 N–H and O–H groups in total. The average molecular weight is 454 g/mol. The predicted octanol–water partition coefficient (Wildman–Crippen LogP) is 4.61. The summed E-state index contributed by atoms with van der Waals surface area (Å²) in [7, 11) is 6.51. The molecule has 0 saturated carbocycles.